The molecular weight excluding hydrogens is 264 g/mol. The molecule has 1 aliphatic carbocycles. The number of hydrogen-bond donors (Lipinski definition) is 1. The van der Waals surface area contributed by atoms with Crippen LogP contribution in [0.2, 0.25) is 0 Å². The fraction of sp³-hybridized carbons (Fsp3) is 0.625. The van der Waals surface area contributed by atoms with Gasteiger partial charge in [-0.3, -0.25) is 9.30 Å². The average molecular weight is 286 g/mol. The van der Waals surface area contributed by atoms with Gasteiger partial charge in [0.05, 0.1) is 11.8 Å². The number of fused-ring (bicyclic) bond motifs is 2. The van der Waals surface area contributed by atoms with E-state index in [0.29, 0.717) is 11.8 Å². The predicted octanol–water partition coefficient (Wildman–Crippen LogP) is 1.55. The first-order chi connectivity index (χ1) is 10.1. The Balaban J connectivity index is 1.54. The summed E-state index contributed by atoms with van der Waals surface area (Å²) in [7, 11) is 0. The standard InChI is InChI=1S/C16H22N4O/c1-10-5-11(2)20-8-13(18-16(20)17-10)7-19-6-12-3-4-15(21)14(12)9-19/h5,8,12,14-15,21H,3-4,6-7,9H2,1-2H3. The van der Waals surface area contributed by atoms with Gasteiger partial charge in [-0.1, -0.05) is 0 Å². The van der Waals surface area contributed by atoms with Crippen LogP contribution in [0.25, 0.3) is 5.78 Å². The summed E-state index contributed by atoms with van der Waals surface area (Å²) in [6, 6.07) is 2.08. The van der Waals surface area contributed by atoms with Crippen molar-refractivity contribution < 1.29 is 5.11 Å². The van der Waals surface area contributed by atoms with E-state index in [0.717, 1.165) is 43.2 Å². The van der Waals surface area contributed by atoms with Crippen LogP contribution in [0.5, 0.6) is 0 Å². The Morgan fingerprint density at radius 1 is 1.24 bits per heavy atom. The molecule has 21 heavy (non-hydrogen) atoms. The minimum Gasteiger partial charge on any atom is -0.393 e. The van der Waals surface area contributed by atoms with Gasteiger partial charge in [-0.05, 0) is 38.7 Å². The number of aromatic nitrogens is 3. The van der Waals surface area contributed by atoms with E-state index >= 15 is 0 Å². The van der Waals surface area contributed by atoms with Crippen LogP contribution in [0.15, 0.2) is 12.3 Å². The topological polar surface area (TPSA) is 53.7 Å². The van der Waals surface area contributed by atoms with E-state index in [4.69, 9.17) is 0 Å². The van der Waals surface area contributed by atoms with Crippen LogP contribution in [0.3, 0.4) is 0 Å². The molecule has 1 saturated heterocycles. The van der Waals surface area contributed by atoms with Gasteiger partial charge in [0.2, 0.25) is 5.78 Å². The molecule has 1 saturated carbocycles. The Bertz CT molecular complexity index is 680. The normalized spacial score (nSPS) is 29.4. The number of aliphatic hydroxyl groups excluding tert-OH is 1. The van der Waals surface area contributed by atoms with E-state index in [1.807, 2.05) is 6.92 Å². The fourth-order valence-corrected chi connectivity index (χ4v) is 4.08. The van der Waals surface area contributed by atoms with Gasteiger partial charge in [-0.25, -0.2) is 9.97 Å². The molecule has 0 radical (unpaired) electrons. The lowest BCUT2D eigenvalue weighted by Crippen LogP contribution is -2.24. The van der Waals surface area contributed by atoms with Crippen LogP contribution in [0.1, 0.15) is 29.9 Å². The van der Waals surface area contributed by atoms with Crippen LogP contribution in [0, 0.1) is 25.7 Å². The number of nitrogens with zero attached hydrogens (tertiary/aromatic N) is 4. The third-order valence-corrected chi connectivity index (χ3v) is 5.09. The van der Waals surface area contributed by atoms with E-state index < -0.39 is 0 Å². The zero-order valence-electron chi connectivity index (χ0n) is 12.7. The monoisotopic (exact) mass is 286 g/mol. The Labute approximate surface area is 124 Å². The summed E-state index contributed by atoms with van der Waals surface area (Å²) < 4.78 is 2.06. The molecule has 0 spiro atoms. The SMILES string of the molecule is Cc1cc(C)n2cc(CN3CC4CCC(O)C4C3)nc2n1. The summed E-state index contributed by atoms with van der Waals surface area (Å²) in [5, 5.41) is 10.0. The molecule has 1 aliphatic heterocycles. The molecule has 3 heterocycles. The molecular formula is C16H22N4O. The molecule has 0 bridgehead atoms. The van der Waals surface area contributed by atoms with Crippen molar-refractivity contribution in [3.63, 3.8) is 0 Å². The second-order valence-electron chi connectivity index (χ2n) is 6.70. The number of aryl methyl sites for hydroxylation is 2. The van der Waals surface area contributed by atoms with E-state index in [1.54, 1.807) is 0 Å². The fourth-order valence-electron chi connectivity index (χ4n) is 4.08. The van der Waals surface area contributed by atoms with Crippen molar-refractivity contribution in [2.24, 2.45) is 11.8 Å². The Morgan fingerprint density at radius 2 is 2.10 bits per heavy atom. The maximum Gasteiger partial charge on any atom is 0.234 e. The molecule has 2 aromatic rings. The van der Waals surface area contributed by atoms with Crippen LogP contribution < -0.4 is 0 Å². The van der Waals surface area contributed by atoms with Crippen molar-refractivity contribution >= 4 is 5.78 Å². The molecule has 3 unspecified atom stereocenters. The lowest BCUT2D eigenvalue weighted by atomic mass is 10.00. The summed E-state index contributed by atoms with van der Waals surface area (Å²) in [4.78, 5) is 11.6. The summed E-state index contributed by atoms with van der Waals surface area (Å²) in [6.45, 7) is 7.06. The summed E-state index contributed by atoms with van der Waals surface area (Å²) in [5.41, 5.74) is 3.26. The van der Waals surface area contributed by atoms with Crippen LogP contribution in [0.4, 0.5) is 0 Å². The van der Waals surface area contributed by atoms with Gasteiger partial charge in [-0.2, -0.15) is 0 Å². The second kappa shape index (κ2) is 4.78. The Hall–Kier alpha value is -1.46. The molecule has 5 heteroatoms. The van der Waals surface area contributed by atoms with E-state index in [9.17, 15) is 5.11 Å². The molecule has 5 nitrogen and oxygen atoms in total. The predicted molar refractivity (Wildman–Crippen MR) is 80.0 cm³/mol. The van der Waals surface area contributed by atoms with E-state index in [1.165, 1.54) is 12.1 Å². The highest BCUT2D eigenvalue weighted by molar-refractivity contribution is 5.34. The zero-order chi connectivity index (χ0) is 14.6. The van der Waals surface area contributed by atoms with Gasteiger partial charge < -0.3 is 5.11 Å². The van der Waals surface area contributed by atoms with Gasteiger partial charge >= 0.3 is 0 Å². The van der Waals surface area contributed by atoms with Gasteiger partial charge in [0.25, 0.3) is 0 Å². The highest BCUT2D eigenvalue weighted by Gasteiger charge is 2.41. The zero-order valence-corrected chi connectivity index (χ0v) is 12.7. The van der Waals surface area contributed by atoms with Crippen molar-refractivity contribution in [1.82, 2.24) is 19.3 Å². The highest BCUT2D eigenvalue weighted by atomic mass is 16.3. The van der Waals surface area contributed by atoms with Gasteiger partial charge in [0, 0.05) is 43.1 Å². The van der Waals surface area contributed by atoms with Gasteiger partial charge in [0.1, 0.15) is 0 Å². The van der Waals surface area contributed by atoms with Crippen LogP contribution in [-0.4, -0.2) is 43.6 Å². The average Bonchev–Trinajstić information content (AvgIpc) is 3.07. The van der Waals surface area contributed by atoms with Crippen molar-refractivity contribution in [2.45, 2.75) is 39.3 Å². The molecule has 0 aromatic carbocycles. The summed E-state index contributed by atoms with van der Waals surface area (Å²) >= 11 is 0. The van der Waals surface area contributed by atoms with Crippen LogP contribution >= 0.6 is 0 Å². The first kappa shape index (κ1) is 13.2. The lowest BCUT2D eigenvalue weighted by molar-refractivity contribution is 0.123. The van der Waals surface area contributed by atoms with E-state index in [-0.39, 0.29) is 6.10 Å². The van der Waals surface area contributed by atoms with Gasteiger partial charge in [0.15, 0.2) is 0 Å². The Morgan fingerprint density at radius 3 is 2.90 bits per heavy atom. The lowest BCUT2D eigenvalue weighted by Gasteiger charge is -2.16. The summed E-state index contributed by atoms with van der Waals surface area (Å²) in [6.07, 6.45) is 4.17. The molecule has 4 rings (SSSR count). The quantitative estimate of drug-likeness (QED) is 0.910. The molecule has 2 aliphatic rings. The van der Waals surface area contributed by atoms with Crippen molar-refractivity contribution in [3.8, 4) is 0 Å². The number of imidazole rings is 1. The molecule has 3 atom stereocenters. The minimum absolute atomic E-state index is 0.0902. The largest absolute Gasteiger partial charge is 0.393 e. The molecule has 1 N–H and O–H groups in total. The third kappa shape index (κ3) is 2.24. The number of rotatable bonds is 2. The minimum atomic E-state index is -0.0902. The Kier molecular flexibility index (Phi) is 3.01. The molecule has 2 aromatic heterocycles. The number of aliphatic hydroxyl groups is 1. The summed E-state index contributed by atoms with van der Waals surface area (Å²) in [5.74, 6) is 1.95. The number of likely N-dealkylation sites (tertiary alicyclic amines) is 1. The van der Waals surface area contributed by atoms with Gasteiger partial charge in [-0.15, -0.1) is 0 Å². The first-order valence-corrected chi connectivity index (χ1v) is 7.83. The van der Waals surface area contributed by atoms with Crippen LogP contribution in [-0.2, 0) is 6.54 Å². The molecule has 0 amide bonds. The maximum atomic E-state index is 10.0. The third-order valence-electron chi connectivity index (χ3n) is 5.09. The number of hydrogen-bond acceptors (Lipinski definition) is 4. The molecule has 112 valence electrons. The smallest absolute Gasteiger partial charge is 0.234 e. The van der Waals surface area contributed by atoms with Crippen molar-refractivity contribution in [2.75, 3.05) is 13.1 Å². The maximum absolute atomic E-state index is 10.0. The first-order valence-electron chi connectivity index (χ1n) is 7.83. The van der Waals surface area contributed by atoms with Crippen molar-refractivity contribution in [3.05, 3.63) is 29.3 Å². The molecule has 2 fully saturated rings. The highest BCUT2D eigenvalue weighted by Crippen LogP contribution is 2.38. The van der Waals surface area contributed by atoms with E-state index in [2.05, 4.69) is 38.5 Å². The van der Waals surface area contributed by atoms with Crippen molar-refractivity contribution in [1.29, 1.82) is 0 Å². The second-order valence-corrected chi connectivity index (χ2v) is 6.70.